The van der Waals surface area contributed by atoms with Gasteiger partial charge in [0.2, 0.25) is 0 Å². The van der Waals surface area contributed by atoms with Gasteiger partial charge in [0.15, 0.2) is 12.1 Å². The number of nitrogens with zero attached hydrogens (tertiary/aromatic N) is 4. The number of hydrogen-bond acceptors (Lipinski definition) is 4. The maximum absolute atomic E-state index is 5.66. The van der Waals surface area contributed by atoms with E-state index in [9.17, 15) is 0 Å². The molecule has 1 atom stereocenters. The number of alkyl halides is 1. The van der Waals surface area contributed by atoms with Gasteiger partial charge < -0.3 is 4.74 Å². The molecule has 0 saturated carbocycles. The third-order valence-corrected chi connectivity index (χ3v) is 4.46. The van der Waals surface area contributed by atoms with Crippen LogP contribution >= 0.6 is 15.9 Å². The summed E-state index contributed by atoms with van der Waals surface area (Å²) in [6.45, 7) is 4.51. The molecule has 0 radical (unpaired) electrons. The van der Waals surface area contributed by atoms with Gasteiger partial charge in [0.05, 0.1) is 0 Å². The van der Waals surface area contributed by atoms with Crippen LogP contribution in [0.2, 0.25) is 0 Å². The monoisotopic (exact) mass is 386 g/mol. The van der Waals surface area contributed by atoms with Crippen molar-refractivity contribution in [2.45, 2.75) is 25.4 Å². The van der Waals surface area contributed by atoms with Crippen LogP contribution in [0.4, 0.5) is 0 Å². The fraction of sp³-hybridized carbons (Fsp3) is 0.278. The van der Waals surface area contributed by atoms with Gasteiger partial charge in [-0.1, -0.05) is 58.4 Å². The lowest BCUT2D eigenvalue weighted by molar-refractivity contribution is 0.0159. The van der Waals surface area contributed by atoms with E-state index in [1.54, 1.807) is 4.68 Å². The van der Waals surface area contributed by atoms with E-state index < -0.39 is 0 Å². The van der Waals surface area contributed by atoms with E-state index in [0.717, 1.165) is 22.0 Å². The Morgan fingerprint density at radius 2 is 1.92 bits per heavy atom. The number of hydrogen-bond donors (Lipinski definition) is 0. The maximum atomic E-state index is 5.66. The molecule has 0 amide bonds. The number of aromatic nitrogens is 4. The normalized spacial score (nSPS) is 12.3. The SMILES string of the molecule is CCOC(C)n1nnnc1-c1cc(CBr)ccc1-c1ccccc1. The minimum atomic E-state index is -0.226. The molecular weight excluding hydrogens is 368 g/mol. The highest BCUT2D eigenvalue weighted by Crippen LogP contribution is 2.33. The molecule has 1 unspecified atom stereocenters. The Morgan fingerprint density at radius 1 is 1.12 bits per heavy atom. The Hall–Kier alpha value is -2.05. The Balaban J connectivity index is 2.15. The van der Waals surface area contributed by atoms with Crippen LogP contribution < -0.4 is 0 Å². The lowest BCUT2D eigenvalue weighted by atomic mass is 9.97. The molecule has 2 aromatic carbocycles. The van der Waals surface area contributed by atoms with E-state index in [1.807, 2.05) is 32.0 Å². The third kappa shape index (κ3) is 3.39. The van der Waals surface area contributed by atoms with Crippen molar-refractivity contribution in [3.63, 3.8) is 0 Å². The van der Waals surface area contributed by atoms with Crippen LogP contribution in [0, 0.1) is 0 Å². The molecule has 24 heavy (non-hydrogen) atoms. The molecule has 0 fully saturated rings. The van der Waals surface area contributed by atoms with Gasteiger partial charge in [0.1, 0.15) is 0 Å². The molecular formula is C18H19BrN4O. The van der Waals surface area contributed by atoms with Crippen molar-refractivity contribution in [3.05, 3.63) is 54.1 Å². The van der Waals surface area contributed by atoms with E-state index in [1.165, 1.54) is 5.56 Å². The van der Waals surface area contributed by atoms with Gasteiger partial charge in [0.25, 0.3) is 0 Å². The standard InChI is InChI=1S/C18H19BrN4O/c1-3-24-13(2)23-18(20-21-22-23)17-11-14(12-19)9-10-16(17)15-7-5-4-6-8-15/h4-11,13H,3,12H2,1-2H3. The zero-order valence-corrected chi connectivity index (χ0v) is 15.3. The van der Waals surface area contributed by atoms with Gasteiger partial charge in [-0.3, -0.25) is 0 Å². The maximum Gasteiger partial charge on any atom is 0.185 e. The van der Waals surface area contributed by atoms with E-state index >= 15 is 0 Å². The summed E-state index contributed by atoms with van der Waals surface area (Å²) in [4.78, 5) is 0. The lowest BCUT2D eigenvalue weighted by Gasteiger charge is -2.15. The average molecular weight is 387 g/mol. The van der Waals surface area contributed by atoms with E-state index in [2.05, 4.69) is 61.8 Å². The van der Waals surface area contributed by atoms with Crippen molar-refractivity contribution in [3.8, 4) is 22.5 Å². The molecule has 6 heteroatoms. The Labute approximate surface area is 149 Å². The molecule has 0 saturated heterocycles. The van der Waals surface area contributed by atoms with Crippen LogP contribution in [0.3, 0.4) is 0 Å². The first-order valence-electron chi connectivity index (χ1n) is 7.88. The predicted molar refractivity (Wildman–Crippen MR) is 97.7 cm³/mol. The van der Waals surface area contributed by atoms with E-state index in [0.29, 0.717) is 12.4 Å². The molecule has 0 aliphatic carbocycles. The quantitative estimate of drug-likeness (QED) is 0.586. The number of benzene rings is 2. The second-order valence-electron chi connectivity index (χ2n) is 5.38. The first-order chi connectivity index (χ1) is 11.7. The lowest BCUT2D eigenvalue weighted by Crippen LogP contribution is -2.13. The van der Waals surface area contributed by atoms with Crippen LogP contribution in [-0.2, 0) is 10.1 Å². The van der Waals surface area contributed by atoms with Crippen LogP contribution in [-0.4, -0.2) is 26.8 Å². The topological polar surface area (TPSA) is 52.8 Å². The molecule has 0 aliphatic heterocycles. The summed E-state index contributed by atoms with van der Waals surface area (Å²) in [7, 11) is 0. The fourth-order valence-corrected chi connectivity index (χ4v) is 3.01. The van der Waals surface area contributed by atoms with E-state index in [-0.39, 0.29) is 6.23 Å². The summed E-state index contributed by atoms with van der Waals surface area (Å²) in [5, 5.41) is 13.0. The molecule has 3 aromatic rings. The van der Waals surface area contributed by atoms with Crippen molar-refractivity contribution in [2.24, 2.45) is 0 Å². The number of ether oxygens (including phenoxy) is 1. The number of rotatable bonds is 6. The highest BCUT2D eigenvalue weighted by atomic mass is 79.9. The third-order valence-electron chi connectivity index (χ3n) is 3.81. The second-order valence-corrected chi connectivity index (χ2v) is 5.94. The van der Waals surface area contributed by atoms with Crippen molar-refractivity contribution in [2.75, 3.05) is 6.61 Å². The summed E-state index contributed by atoms with van der Waals surface area (Å²) >= 11 is 3.52. The molecule has 0 spiro atoms. The molecule has 124 valence electrons. The molecule has 3 rings (SSSR count). The molecule has 0 N–H and O–H groups in total. The van der Waals surface area contributed by atoms with Crippen LogP contribution in [0.5, 0.6) is 0 Å². The smallest absolute Gasteiger partial charge is 0.185 e. The van der Waals surface area contributed by atoms with Gasteiger partial charge in [-0.2, -0.15) is 4.68 Å². The first-order valence-corrected chi connectivity index (χ1v) is 9.01. The molecule has 5 nitrogen and oxygen atoms in total. The van der Waals surface area contributed by atoms with Gasteiger partial charge in [-0.15, -0.1) is 5.10 Å². The summed E-state index contributed by atoms with van der Waals surface area (Å²) in [6, 6.07) is 16.6. The van der Waals surface area contributed by atoms with Crippen molar-refractivity contribution < 1.29 is 4.74 Å². The molecule has 1 heterocycles. The van der Waals surface area contributed by atoms with Crippen molar-refractivity contribution in [1.82, 2.24) is 20.2 Å². The molecule has 0 aliphatic rings. The predicted octanol–water partition coefficient (Wildman–Crippen LogP) is 4.46. The fourth-order valence-electron chi connectivity index (χ4n) is 2.66. The minimum Gasteiger partial charge on any atom is -0.357 e. The summed E-state index contributed by atoms with van der Waals surface area (Å²) in [5.74, 6) is 0.706. The number of tetrazole rings is 1. The highest BCUT2D eigenvalue weighted by molar-refractivity contribution is 9.08. The molecule has 1 aromatic heterocycles. The Kier molecular flexibility index (Phi) is 5.37. The van der Waals surface area contributed by atoms with Crippen molar-refractivity contribution >= 4 is 15.9 Å². The Bertz CT molecular complexity index is 804. The molecule has 0 bridgehead atoms. The summed E-state index contributed by atoms with van der Waals surface area (Å²) < 4.78 is 7.39. The highest BCUT2D eigenvalue weighted by Gasteiger charge is 2.18. The first kappa shape index (κ1) is 16.8. The second kappa shape index (κ2) is 7.68. The summed E-state index contributed by atoms with van der Waals surface area (Å²) in [5.41, 5.74) is 4.39. The zero-order chi connectivity index (χ0) is 16.9. The van der Waals surface area contributed by atoms with Crippen LogP contribution in [0.1, 0.15) is 25.6 Å². The van der Waals surface area contributed by atoms with E-state index in [4.69, 9.17) is 4.74 Å². The largest absolute Gasteiger partial charge is 0.357 e. The van der Waals surface area contributed by atoms with Crippen molar-refractivity contribution in [1.29, 1.82) is 0 Å². The average Bonchev–Trinajstić information content (AvgIpc) is 3.12. The van der Waals surface area contributed by atoms with Gasteiger partial charge in [0, 0.05) is 17.5 Å². The van der Waals surface area contributed by atoms with Crippen LogP contribution in [0.15, 0.2) is 48.5 Å². The minimum absolute atomic E-state index is 0.226. The number of halogens is 1. The van der Waals surface area contributed by atoms with Crippen LogP contribution in [0.25, 0.3) is 22.5 Å². The van der Waals surface area contributed by atoms with Gasteiger partial charge in [-0.25, -0.2) is 0 Å². The Morgan fingerprint density at radius 3 is 2.62 bits per heavy atom. The summed E-state index contributed by atoms with van der Waals surface area (Å²) in [6.07, 6.45) is -0.226. The van der Waals surface area contributed by atoms with Gasteiger partial charge in [-0.05, 0) is 47.0 Å². The van der Waals surface area contributed by atoms with Gasteiger partial charge >= 0.3 is 0 Å². The zero-order valence-electron chi connectivity index (χ0n) is 13.7.